The predicted octanol–water partition coefficient (Wildman–Crippen LogP) is 3.73. The van der Waals surface area contributed by atoms with E-state index in [1.165, 1.54) is 23.2 Å². The van der Waals surface area contributed by atoms with Gasteiger partial charge < -0.3 is 10.1 Å². The maximum atomic E-state index is 6.19. The van der Waals surface area contributed by atoms with Crippen molar-refractivity contribution < 1.29 is 4.74 Å². The van der Waals surface area contributed by atoms with Crippen LogP contribution in [-0.4, -0.2) is 16.9 Å². The summed E-state index contributed by atoms with van der Waals surface area (Å²) in [6.45, 7) is 3.88. The van der Waals surface area contributed by atoms with Crippen LogP contribution in [0.15, 0.2) is 24.4 Å². The van der Waals surface area contributed by atoms with Crippen LogP contribution in [0.4, 0.5) is 0 Å². The molecule has 0 saturated carbocycles. The minimum Gasteiger partial charge on any atom is -0.495 e. The van der Waals surface area contributed by atoms with Gasteiger partial charge in [0.15, 0.2) is 0 Å². The number of aryl methyl sites for hydroxylation is 1. The maximum Gasteiger partial charge on any atom is 0.137 e. The molecule has 1 heterocycles. The van der Waals surface area contributed by atoms with Crippen molar-refractivity contribution in [1.29, 1.82) is 0 Å². The van der Waals surface area contributed by atoms with E-state index in [0.717, 1.165) is 31.7 Å². The lowest BCUT2D eigenvalue weighted by Crippen LogP contribution is -2.25. The first-order valence-corrected chi connectivity index (χ1v) is 8.21. The topological polar surface area (TPSA) is 39.1 Å². The SMILES string of the molecule is CCn1ncc2c1CCC[C@@H]2NCc1ccc(OC)c(Cl)c1. The van der Waals surface area contributed by atoms with E-state index in [9.17, 15) is 0 Å². The average molecular weight is 320 g/mol. The summed E-state index contributed by atoms with van der Waals surface area (Å²) in [6.07, 6.45) is 5.53. The quantitative estimate of drug-likeness (QED) is 0.912. The van der Waals surface area contributed by atoms with Crippen LogP contribution in [0.3, 0.4) is 0 Å². The average Bonchev–Trinajstić information content (AvgIpc) is 2.96. The number of nitrogens with one attached hydrogen (secondary N) is 1. The molecule has 2 aromatic rings. The van der Waals surface area contributed by atoms with Gasteiger partial charge in [-0.05, 0) is 43.9 Å². The third-order valence-corrected chi connectivity index (χ3v) is 4.63. The van der Waals surface area contributed by atoms with Crippen LogP contribution in [0, 0.1) is 0 Å². The molecule has 0 amide bonds. The smallest absolute Gasteiger partial charge is 0.137 e. The number of hydrogen-bond donors (Lipinski definition) is 1. The third kappa shape index (κ3) is 2.99. The summed E-state index contributed by atoms with van der Waals surface area (Å²) in [5.41, 5.74) is 3.91. The summed E-state index contributed by atoms with van der Waals surface area (Å²) in [7, 11) is 1.63. The summed E-state index contributed by atoms with van der Waals surface area (Å²) in [5.74, 6) is 0.717. The summed E-state index contributed by atoms with van der Waals surface area (Å²) < 4.78 is 7.31. The molecule has 1 aromatic heterocycles. The van der Waals surface area contributed by atoms with E-state index in [4.69, 9.17) is 16.3 Å². The van der Waals surface area contributed by atoms with Gasteiger partial charge in [-0.3, -0.25) is 4.68 Å². The number of methoxy groups -OCH3 is 1. The monoisotopic (exact) mass is 319 g/mol. The van der Waals surface area contributed by atoms with Gasteiger partial charge in [-0.25, -0.2) is 0 Å². The predicted molar refractivity (Wildman–Crippen MR) is 88.4 cm³/mol. The van der Waals surface area contributed by atoms with E-state index in [-0.39, 0.29) is 0 Å². The number of aromatic nitrogens is 2. The third-order valence-electron chi connectivity index (χ3n) is 4.33. The molecule has 3 rings (SSSR count). The molecular formula is C17H22ClN3O. The molecule has 0 spiro atoms. The van der Waals surface area contributed by atoms with Crippen molar-refractivity contribution in [3.05, 3.63) is 46.2 Å². The van der Waals surface area contributed by atoms with E-state index in [2.05, 4.69) is 28.1 Å². The highest BCUT2D eigenvalue weighted by molar-refractivity contribution is 6.32. The molecule has 5 heteroatoms. The lowest BCUT2D eigenvalue weighted by molar-refractivity contribution is 0.414. The molecule has 1 aromatic carbocycles. The Bertz CT molecular complexity index is 653. The molecule has 22 heavy (non-hydrogen) atoms. The van der Waals surface area contributed by atoms with Gasteiger partial charge in [-0.2, -0.15) is 5.10 Å². The van der Waals surface area contributed by atoms with Gasteiger partial charge in [0.1, 0.15) is 5.75 Å². The van der Waals surface area contributed by atoms with Crippen molar-refractivity contribution in [2.24, 2.45) is 0 Å². The Labute approximate surface area is 136 Å². The zero-order valence-electron chi connectivity index (χ0n) is 13.1. The maximum absolute atomic E-state index is 6.19. The summed E-state index contributed by atoms with van der Waals surface area (Å²) >= 11 is 6.19. The Hall–Kier alpha value is -1.52. The number of nitrogens with zero attached hydrogens (tertiary/aromatic N) is 2. The standard InChI is InChI=1S/C17H22ClN3O/c1-3-21-16-6-4-5-15(13(16)11-20-21)19-10-12-7-8-17(22-2)14(18)9-12/h7-9,11,15,19H,3-6,10H2,1-2H3/t15-/m0/s1. The Morgan fingerprint density at radius 1 is 1.45 bits per heavy atom. The largest absolute Gasteiger partial charge is 0.495 e. The Kier molecular flexibility index (Phi) is 4.69. The summed E-state index contributed by atoms with van der Waals surface area (Å²) in [6, 6.07) is 6.31. The van der Waals surface area contributed by atoms with E-state index in [1.807, 2.05) is 18.3 Å². The van der Waals surface area contributed by atoms with Gasteiger partial charge in [0, 0.05) is 30.4 Å². The van der Waals surface area contributed by atoms with Crippen LogP contribution in [0.2, 0.25) is 5.02 Å². The number of hydrogen-bond acceptors (Lipinski definition) is 3. The minimum absolute atomic E-state index is 0.380. The van der Waals surface area contributed by atoms with Crippen molar-refractivity contribution in [2.45, 2.75) is 45.3 Å². The second-order valence-corrected chi connectivity index (χ2v) is 6.06. The first kappa shape index (κ1) is 15.4. The Morgan fingerprint density at radius 2 is 2.32 bits per heavy atom. The molecule has 0 radical (unpaired) electrons. The van der Waals surface area contributed by atoms with Crippen LogP contribution in [0.5, 0.6) is 5.75 Å². The van der Waals surface area contributed by atoms with Crippen molar-refractivity contribution in [3.63, 3.8) is 0 Å². The molecule has 0 bridgehead atoms. The molecule has 0 fully saturated rings. The summed E-state index contributed by atoms with van der Waals surface area (Å²) in [5, 5.41) is 8.80. The Morgan fingerprint density at radius 3 is 3.05 bits per heavy atom. The van der Waals surface area contributed by atoms with Gasteiger partial charge in [0.2, 0.25) is 0 Å². The van der Waals surface area contributed by atoms with Gasteiger partial charge in [-0.15, -0.1) is 0 Å². The number of benzene rings is 1. The molecule has 0 saturated heterocycles. The van der Waals surface area contributed by atoms with E-state index in [1.54, 1.807) is 7.11 Å². The van der Waals surface area contributed by atoms with E-state index >= 15 is 0 Å². The number of fused-ring (bicyclic) bond motifs is 1. The fraction of sp³-hybridized carbons (Fsp3) is 0.471. The fourth-order valence-electron chi connectivity index (χ4n) is 3.16. The van der Waals surface area contributed by atoms with Gasteiger partial charge in [0.25, 0.3) is 0 Å². The van der Waals surface area contributed by atoms with Crippen LogP contribution in [-0.2, 0) is 19.5 Å². The molecule has 4 nitrogen and oxygen atoms in total. The molecule has 1 N–H and O–H groups in total. The zero-order valence-corrected chi connectivity index (χ0v) is 13.9. The van der Waals surface area contributed by atoms with Crippen molar-refractivity contribution >= 4 is 11.6 Å². The second kappa shape index (κ2) is 6.71. The first-order valence-electron chi connectivity index (χ1n) is 7.83. The van der Waals surface area contributed by atoms with Crippen LogP contribution in [0.25, 0.3) is 0 Å². The van der Waals surface area contributed by atoms with Gasteiger partial charge in [-0.1, -0.05) is 17.7 Å². The van der Waals surface area contributed by atoms with Gasteiger partial charge in [0.05, 0.1) is 18.3 Å². The van der Waals surface area contributed by atoms with Crippen molar-refractivity contribution in [3.8, 4) is 5.75 Å². The molecule has 0 unspecified atom stereocenters. The summed E-state index contributed by atoms with van der Waals surface area (Å²) in [4.78, 5) is 0. The first-order chi connectivity index (χ1) is 10.7. The van der Waals surface area contributed by atoms with Crippen molar-refractivity contribution in [2.75, 3.05) is 7.11 Å². The number of ether oxygens (including phenoxy) is 1. The van der Waals surface area contributed by atoms with Crippen molar-refractivity contribution in [1.82, 2.24) is 15.1 Å². The number of halogens is 1. The molecular weight excluding hydrogens is 298 g/mol. The highest BCUT2D eigenvalue weighted by Crippen LogP contribution is 2.30. The lowest BCUT2D eigenvalue weighted by Gasteiger charge is -2.24. The van der Waals surface area contributed by atoms with E-state index < -0.39 is 0 Å². The highest BCUT2D eigenvalue weighted by Gasteiger charge is 2.23. The molecule has 0 aliphatic heterocycles. The van der Waals surface area contributed by atoms with Crippen LogP contribution >= 0.6 is 11.6 Å². The molecule has 1 aliphatic rings. The zero-order chi connectivity index (χ0) is 15.5. The minimum atomic E-state index is 0.380. The molecule has 1 aliphatic carbocycles. The van der Waals surface area contributed by atoms with Gasteiger partial charge >= 0.3 is 0 Å². The van der Waals surface area contributed by atoms with Crippen LogP contribution < -0.4 is 10.1 Å². The Balaban J connectivity index is 1.70. The highest BCUT2D eigenvalue weighted by atomic mass is 35.5. The second-order valence-electron chi connectivity index (χ2n) is 5.66. The normalized spacial score (nSPS) is 17.3. The molecule has 118 valence electrons. The number of rotatable bonds is 5. The van der Waals surface area contributed by atoms with E-state index in [0.29, 0.717) is 11.1 Å². The lowest BCUT2D eigenvalue weighted by atomic mass is 9.93. The molecule has 1 atom stereocenters. The fourth-order valence-corrected chi connectivity index (χ4v) is 3.44. The van der Waals surface area contributed by atoms with Crippen LogP contribution in [0.1, 0.15) is 42.6 Å².